The molecule has 0 aliphatic carbocycles. The summed E-state index contributed by atoms with van der Waals surface area (Å²) in [5.41, 5.74) is 4.68. The largest absolute Gasteiger partial charge is 0.497 e. The molecule has 4 rings (SSSR count). The smallest absolute Gasteiger partial charge is 0.253 e. The van der Waals surface area contributed by atoms with Crippen LogP contribution in [0.3, 0.4) is 0 Å². The van der Waals surface area contributed by atoms with Gasteiger partial charge < -0.3 is 24.7 Å². The molecule has 7 nitrogen and oxygen atoms in total. The minimum absolute atomic E-state index is 0.102. The predicted octanol–water partition coefficient (Wildman–Crippen LogP) is 4.07. The monoisotopic (exact) mass is 494 g/mol. The molecule has 2 heterocycles. The Morgan fingerprint density at radius 1 is 1.17 bits per heavy atom. The van der Waals surface area contributed by atoms with Crippen LogP contribution in [0.15, 0.2) is 47.3 Å². The number of benzene rings is 2. The highest BCUT2D eigenvalue weighted by molar-refractivity contribution is 7.80. The van der Waals surface area contributed by atoms with E-state index in [1.807, 2.05) is 24.3 Å². The number of nitrogens with zero attached hydrogens (tertiary/aromatic N) is 2. The van der Waals surface area contributed by atoms with E-state index in [1.54, 1.807) is 7.11 Å². The molecule has 1 aliphatic rings. The molecular weight excluding hydrogens is 460 g/mol. The van der Waals surface area contributed by atoms with Crippen molar-refractivity contribution in [1.82, 2.24) is 14.8 Å². The van der Waals surface area contributed by atoms with Crippen molar-refractivity contribution < 1.29 is 9.47 Å². The van der Waals surface area contributed by atoms with Crippen molar-refractivity contribution in [1.29, 1.82) is 0 Å². The number of anilines is 1. The molecule has 186 valence electrons. The summed E-state index contributed by atoms with van der Waals surface area (Å²) in [6.07, 6.45) is 0.939. The molecule has 0 unspecified atom stereocenters. The molecule has 2 N–H and O–H groups in total. The van der Waals surface area contributed by atoms with Gasteiger partial charge in [0.1, 0.15) is 5.75 Å². The summed E-state index contributed by atoms with van der Waals surface area (Å²) in [6, 6.07) is 13.8. The van der Waals surface area contributed by atoms with Gasteiger partial charge in [-0.15, -0.1) is 0 Å². The number of H-pyrrole nitrogens is 1. The minimum Gasteiger partial charge on any atom is -0.497 e. The number of thiocarbonyl (C=S) groups is 1. The number of hydrogen-bond donors (Lipinski definition) is 2. The Bertz CT molecular complexity index is 1240. The van der Waals surface area contributed by atoms with Gasteiger partial charge in [-0.3, -0.25) is 9.69 Å². The van der Waals surface area contributed by atoms with Gasteiger partial charge in [-0.25, -0.2) is 0 Å². The number of morpholine rings is 1. The predicted molar refractivity (Wildman–Crippen MR) is 146 cm³/mol. The van der Waals surface area contributed by atoms with E-state index in [0.717, 1.165) is 73.7 Å². The molecule has 1 saturated heterocycles. The van der Waals surface area contributed by atoms with Crippen LogP contribution in [0.5, 0.6) is 5.75 Å². The summed E-state index contributed by atoms with van der Waals surface area (Å²) in [7, 11) is 1.64. The summed E-state index contributed by atoms with van der Waals surface area (Å²) in [5.74, 6) is 0.755. The van der Waals surface area contributed by atoms with E-state index >= 15 is 0 Å². The second-order valence-electron chi connectivity index (χ2n) is 9.05. The highest BCUT2D eigenvalue weighted by Gasteiger charge is 2.16. The molecule has 0 atom stereocenters. The molecule has 0 amide bonds. The van der Waals surface area contributed by atoms with Crippen molar-refractivity contribution in [2.45, 2.75) is 26.8 Å². The van der Waals surface area contributed by atoms with Crippen LogP contribution in [-0.2, 0) is 11.3 Å². The zero-order valence-corrected chi connectivity index (χ0v) is 21.5. The maximum Gasteiger partial charge on any atom is 0.253 e. The van der Waals surface area contributed by atoms with Crippen LogP contribution < -0.4 is 15.6 Å². The lowest BCUT2D eigenvalue weighted by Crippen LogP contribution is -2.40. The van der Waals surface area contributed by atoms with E-state index in [1.165, 1.54) is 5.56 Å². The van der Waals surface area contributed by atoms with Gasteiger partial charge in [-0.2, -0.15) is 0 Å². The first-order chi connectivity index (χ1) is 16.9. The van der Waals surface area contributed by atoms with Crippen molar-refractivity contribution in [3.8, 4) is 5.75 Å². The lowest BCUT2D eigenvalue weighted by atomic mass is 10.1. The number of aryl methyl sites for hydroxylation is 2. The number of methoxy groups -OCH3 is 1. The maximum absolute atomic E-state index is 12.9. The van der Waals surface area contributed by atoms with Crippen LogP contribution in [0.25, 0.3) is 10.9 Å². The quantitative estimate of drug-likeness (QED) is 0.458. The summed E-state index contributed by atoms with van der Waals surface area (Å²) in [6.45, 7) is 9.76. The highest BCUT2D eigenvalue weighted by atomic mass is 32.1. The third-order valence-corrected chi connectivity index (χ3v) is 6.77. The van der Waals surface area contributed by atoms with Gasteiger partial charge in [0.15, 0.2) is 5.11 Å². The first kappa shape index (κ1) is 25.2. The fourth-order valence-corrected chi connectivity index (χ4v) is 4.66. The van der Waals surface area contributed by atoms with Gasteiger partial charge in [0.2, 0.25) is 0 Å². The molecule has 0 saturated carbocycles. The fraction of sp³-hybridized carbons (Fsp3) is 0.407. The summed E-state index contributed by atoms with van der Waals surface area (Å²) in [5, 5.41) is 4.96. The minimum atomic E-state index is -0.102. The third-order valence-electron chi connectivity index (χ3n) is 6.41. The number of nitrogens with one attached hydrogen (secondary N) is 2. The van der Waals surface area contributed by atoms with Gasteiger partial charge in [0, 0.05) is 48.3 Å². The molecule has 1 fully saturated rings. The topological polar surface area (TPSA) is 69.8 Å². The summed E-state index contributed by atoms with van der Waals surface area (Å²) >= 11 is 5.85. The van der Waals surface area contributed by atoms with E-state index in [0.29, 0.717) is 17.2 Å². The van der Waals surface area contributed by atoms with Gasteiger partial charge >= 0.3 is 0 Å². The Morgan fingerprint density at radius 2 is 1.97 bits per heavy atom. The van der Waals surface area contributed by atoms with Crippen molar-refractivity contribution in [2.24, 2.45) is 0 Å². The van der Waals surface area contributed by atoms with Crippen molar-refractivity contribution in [2.75, 3.05) is 51.8 Å². The Hall–Kier alpha value is -2.94. The number of pyridine rings is 1. The van der Waals surface area contributed by atoms with Crippen LogP contribution in [0.2, 0.25) is 0 Å². The van der Waals surface area contributed by atoms with E-state index in [2.05, 4.69) is 52.1 Å². The summed E-state index contributed by atoms with van der Waals surface area (Å²) in [4.78, 5) is 20.4. The van der Waals surface area contributed by atoms with E-state index in [4.69, 9.17) is 21.7 Å². The lowest BCUT2D eigenvalue weighted by molar-refractivity contribution is 0.0367. The fourth-order valence-electron chi connectivity index (χ4n) is 4.39. The van der Waals surface area contributed by atoms with Gasteiger partial charge in [0.25, 0.3) is 5.56 Å². The second-order valence-corrected chi connectivity index (χ2v) is 9.44. The normalized spacial score (nSPS) is 14.1. The second kappa shape index (κ2) is 11.7. The van der Waals surface area contributed by atoms with E-state index in [-0.39, 0.29) is 5.56 Å². The molecule has 8 heteroatoms. The number of rotatable bonds is 8. The molecular formula is C27H34N4O3S. The van der Waals surface area contributed by atoms with E-state index < -0.39 is 0 Å². The molecule has 1 aliphatic heterocycles. The highest BCUT2D eigenvalue weighted by Crippen LogP contribution is 2.20. The first-order valence-corrected chi connectivity index (χ1v) is 12.5. The average molecular weight is 495 g/mol. The summed E-state index contributed by atoms with van der Waals surface area (Å²) < 4.78 is 10.8. The molecule has 2 aromatic carbocycles. The number of hydrogen-bond acceptors (Lipinski definition) is 5. The number of fused-ring (bicyclic) bond motifs is 1. The van der Waals surface area contributed by atoms with E-state index in [9.17, 15) is 4.79 Å². The van der Waals surface area contributed by atoms with Crippen LogP contribution in [0.1, 0.15) is 23.1 Å². The van der Waals surface area contributed by atoms with Crippen molar-refractivity contribution in [3.05, 3.63) is 69.5 Å². The Kier molecular flexibility index (Phi) is 8.38. The van der Waals surface area contributed by atoms with Crippen LogP contribution in [0.4, 0.5) is 5.69 Å². The zero-order valence-electron chi connectivity index (χ0n) is 20.7. The standard InChI is InChI=1S/C27H34N4O3S/c1-19-5-7-24(20(2)15-19)29-27(35)31(10-4-9-30-11-13-34-14-12-30)18-22-16-21-17-23(33-3)6-8-25(21)28-26(22)32/h5-8,15-17H,4,9-14,18H2,1-3H3,(H,28,32)(H,29,35). The Labute approximate surface area is 212 Å². The average Bonchev–Trinajstić information content (AvgIpc) is 2.85. The maximum atomic E-state index is 12.9. The molecule has 35 heavy (non-hydrogen) atoms. The van der Waals surface area contributed by atoms with Crippen LogP contribution >= 0.6 is 12.2 Å². The first-order valence-electron chi connectivity index (χ1n) is 12.1. The zero-order chi connectivity index (χ0) is 24.8. The molecule has 1 aromatic heterocycles. The van der Waals surface area contributed by atoms with Gasteiger partial charge in [-0.05, 0) is 68.4 Å². The van der Waals surface area contributed by atoms with Gasteiger partial charge in [0.05, 0.1) is 26.9 Å². The van der Waals surface area contributed by atoms with Crippen molar-refractivity contribution >= 4 is 33.9 Å². The van der Waals surface area contributed by atoms with Crippen LogP contribution in [0, 0.1) is 13.8 Å². The molecule has 0 spiro atoms. The third kappa shape index (κ3) is 6.60. The van der Waals surface area contributed by atoms with Crippen molar-refractivity contribution in [3.63, 3.8) is 0 Å². The molecule has 0 radical (unpaired) electrons. The number of ether oxygens (including phenoxy) is 2. The van der Waals surface area contributed by atoms with Crippen LogP contribution in [-0.4, -0.2) is 66.4 Å². The number of aromatic nitrogens is 1. The molecule has 0 bridgehead atoms. The SMILES string of the molecule is COc1ccc2[nH]c(=O)c(CN(CCCN3CCOCC3)C(=S)Nc3ccc(C)cc3C)cc2c1. The lowest BCUT2D eigenvalue weighted by Gasteiger charge is -2.30. The number of aromatic amines is 1. The molecule has 3 aromatic rings. The van der Waals surface area contributed by atoms with Gasteiger partial charge in [-0.1, -0.05) is 17.7 Å². The Morgan fingerprint density at radius 3 is 2.71 bits per heavy atom. The Balaban J connectivity index is 1.54.